The van der Waals surface area contributed by atoms with E-state index in [2.05, 4.69) is 137 Å². The molecule has 0 amide bonds. The average Bonchev–Trinajstić information content (AvgIpc) is 2.76. The second kappa shape index (κ2) is 12.3. The molecule has 0 heterocycles. The summed E-state index contributed by atoms with van der Waals surface area (Å²) in [7, 11) is 0. The van der Waals surface area contributed by atoms with Crippen molar-refractivity contribution in [1.29, 1.82) is 0 Å². The van der Waals surface area contributed by atoms with E-state index < -0.39 is 0 Å². The van der Waals surface area contributed by atoms with E-state index in [-0.39, 0.29) is 5.99 Å². The molecule has 0 spiro atoms. The summed E-state index contributed by atoms with van der Waals surface area (Å²) < 4.78 is 4.44. The maximum atomic E-state index is 3.52. The lowest BCUT2D eigenvalue weighted by Gasteiger charge is -2.15. The molecular weight excluding hydrogens is 651 g/mol. The Bertz CT molecular complexity index is 992. The van der Waals surface area contributed by atoms with Crippen LogP contribution in [-0.4, -0.2) is 5.99 Å². The van der Waals surface area contributed by atoms with E-state index in [1.165, 1.54) is 15.8 Å². The Balaban J connectivity index is 0.000000310. The first-order valence-corrected chi connectivity index (χ1v) is 13.2. The molecule has 30 heavy (non-hydrogen) atoms. The van der Waals surface area contributed by atoms with Crippen molar-refractivity contribution in [2.75, 3.05) is 0 Å². The summed E-state index contributed by atoms with van der Waals surface area (Å²) in [5.74, 6) is 0.261. The van der Waals surface area contributed by atoms with Gasteiger partial charge in [-0.15, -0.1) is 0 Å². The van der Waals surface area contributed by atoms with Gasteiger partial charge in [-0.3, -0.25) is 0 Å². The van der Waals surface area contributed by atoms with Gasteiger partial charge in [-0.1, -0.05) is 117 Å². The molecule has 0 aromatic heterocycles. The summed E-state index contributed by atoms with van der Waals surface area (Å²) in [6, 6.07) is 35.6. The van der Waals surface area contributed by atoms with Crippen LogP contribution < -0.4 is 10.9 Å². The van der Waals surface area contributed by atoms with Gasteiger partial charge in [-0.2, -0.15) is 11.6 Å². The third-order valence-electron chi connectivity index (χ3n) is 4.15. The predicted octanol–water partition coefficient (Wildman–Crippen LogP) is 8.32. The van der Waals surface area contributed by atoms with Crippen LogP contribution in [0.1, 0.15) is 0 Å². The zero-order chi connectivity index (χ0) is 21.3. The largest absolute Gasteiger partial charge is 0.280 e. The maximum Gasteiger partial charge on any atom is 0.280 e. The van der Waals surface area contributed by atoms with Crippen LogP contribution >= 0.6 is 75.3 Å². The van der Waals surface area contributed by atoms with Crippen LogP contribution in [0.2, 0.25) is 0 Å². The predicted molar refractivity (Wildman–Crippen MR) is 147 cm³/mol. The quantitative estimate of drug-likeness (QED) is 0.197. The first kappa shape index (κ1) is 23.9. The van der Waals surface area contributed by atoms with Crippen molar-refractivity contribution in [3.63, 3.8) is 0 Å². The van der Waals surface area contributed by atoms with E-state index in [4.69, 9.17) is 0 Å². The fourth-order valence-corrected chi connectivity index (χ4v) is 4.92. The van der Waals surface area contributed by atoms with Crippen molar-refractivity contribution in [2.24, 2.45) is 0 Å². The summed E-state index contributed by atoms with van der Waals surface area (Å²) in [6.45, 7) is 0. The average molecular weight is 668 g/mol. The van der Waals surface area contributed by atoms with Gasteiger partial charge in [0.2, 0.25) is 0 Å². The molecule has 0 N–H and O–H groups in total. The molecule has 0 fully saturated rings. The van der Waals surface area contributed by atoms with Gasteiger partial charge in [0.15, 0.2) is 0 Å². The van der Waals surface area contributed by atoms with Gasteiger partial charge in [-0.25, -0.2) is 0 Å². The molecule has 4 aromatic carbocycles. The molecule has 0 radical (unpaired) electrons. The second-order valence-electron chi connectivity index (χ2n) is 6.35. The van der Waals surface area contributed by atoms with Gasteiger partial charge in [0.25, 0.3) is 5.99 Å². The molecular formula is C24H17BBr4S. The number of hydrogen-bond acceptors (Lipinski definition) is 1. The number of halogens is 4. The molecule has 0 saturated heterocycles. The van der Waals surface area contributed by atoms with Gasteiger partial charge >= 0.3 is 0 Å². The second-order valence-corrected chi connectivity index (χ2v) is 11.2. The van der Waals surface area contributed by atoms with Crippen molar-refractivity contribution in [3.05, 3.63) is 121 Å². The maximum absolute atomic E-state index is 3.52. The van der Waals surface area contributed by atoms with Crippen LogP contribution in [0, 0.1) is 0 Å². The SMILES string of the molecule is Brc1ccc(SB(c2ccc(Br)cc2)c2ccc(Br)cc2)cc1.Brc1ccccc1. The van der Waals surface area contributed by atoms with Crippen molar-refractivity contribution in [2.45, 2.75) is 4.90 Å². The van der Waals surface area contributed by atoms with Crippen molar-refractivity contribution < 1.29 is 0 Å². The number of rotatable bonds is 4. The van der Waals surface area contributed by atoms with E-state index >= 15 is 0 Å². The van der Waals surface area contributed by atoms with Crippen molar-refractivity contribution in [3.8, 4) is 0 Å². The monoisotopic (exact) mass is 664 g/mol. The molecule has 0 bridgehead atoms. The Kier molecular flexibility index (Phi) is 9.79. The Morgan fingerprint density at radius 3 is 1.17 bits per heavy atom. The van der Waals surface area contributed by atoms with E-state index in [0.717, 1.165) is 17.9 Å². The third kappa shape index (κ3) is 7.72. The van der Waals surface area contributed by atoms with E-state index in [9.17, 15) is 0 Å². The van der Waals surface area contributed by atoms with E-state index in [1.54, 1.807) is 0 Å². The Labute approximate surface area is 216 Å². The van der Waals surface area contributed by atoms with E-state index in [0.29, 0.717) is 0 Å². The zero-order valence-electron chi connectivity index (χ0n) is 15.8. The lowest BCUT2D eigenvalue weighted by molar-refractivity contribution is 1.45. The fraction of sp³-hybridized carbons (Fsp3) is 0. The van der Waals surface area contributed by atoms with Crippen LogP contribution in [0.5, 0.6) is 0 Å². The van der Waals surface area contributed by atoms with Crippen LogP contribution in [0.4, 0.5) is 0 Å². The zero-order valence-corrected chi connectivity index (χ0v) is 23.0. The fourth-order valence-electron chi connectivity index (χ4n) is 2.67. The van der Waals surface area contributed by atoms with Crippen LogP contribution in [0.25, 0.3) is 0 Å². The van der Waals surface area contributed by atoms with Gasteiger partial charge in [0, 0.05) is 17.9 Å². The highest BCUT2D eigenvalue weighted by atomic mass is 79.9. The summed E-state index contributed by atoms with van der Waals surface area (Å²) in [5.41, 5.74) is 2.59. The van der Waals surface area contributed by atoms with Crippen molar-refractivity contribution in [1.82, 2.24) is 0 Å². The summed E-state index contributed by atoms with van der Waals surface area (Å²) in [5, 5.41) is 0. The Morgan fingerprint density at radius 1 is 0.433 bits per heavy atom. The highest BCUT2D eigenvalue weighted by Gasteiger charge is 2.21. The first-order valence-electron chi connectivity index (χ1n) is 9.15. The van der Waals surface area contributed by atoms with Gasteiger partial charge < -0.3 is 0 Å². The van der Waals surface area contributed by atoms with Crippen LogP contribution in [-0.2, 0) is 0 Å². The van der Waals surface area contributed by atoms with Crippen molar-refractivity contribution >= 4 is 92.2 Å². The minimum absolute atomic E-state index is 0.261. The molecule has 0 aliphatic rings. The molecule has 0 saturated carbocycles. The Hall–Kier alpha value is -0.785. The third-order valence-corrected chi connectivity index (χ3v) is 7.59. The molecule has 0 unspecified atom stereocenters. The first-order chi connectivity index (χ1) is 14.5. The molecule has 0 aliphatic carbocycles. The van der Waals surface area contributed by atoms with Gasteiger partial charge in [-0.05, 0) is 65.6 Å². The lowest BCUT2D eigenvalue weighted by Crippen LogP contribution is -2.39. The highest BCUT2D eigenvalue weighted by Crippen LogP contribution is 2.24. The number of benzene rings is 4. The van der Waals surface area contributed by atoms with Gasteiger partial charge in [0.05, 0.1) is 0 Å². The van der Waals surface area contributed by atoms with Crippen LogP contribution in [0.15, 0.2) is 126 Å². The molecule has 0 aliphatic heterocycles. The molecule has 6 heteroatoms. The van der Waals surface area contributed by atoms with Gasteiger partial charge in [0.1, 0.15) is 0 Å². The summed E-state index contributed by atoms with van der Waals surface area (Å²) in [4.78, 5) is 1.25. The van der Waals surface area contributed by atoms with E-state index in [1.807, 2.05) is 41.9 Å². The molecule has 0 nitrogen and oxygen atoms in total. The standard InChI is InChI=1S/C18H12BBr3S.C6H5Br/c20-15-5-1-13(2-6-15)19(14-3-7-16(21)8-4-14)23-18-11-9-17(22)10-12-18;7-6-4-2-1-3-5-6/h1-12H;1-5H. The normalized spacial score (nSPS) is 10.1. The molecule has 4 rings (SSSR count). The van der Waals surface area contributed by atoms with Crippen LogP contribution in [0.3, 0.4) is 0 Å². The topological polar surface area (TPSA) is 0 Å². The summed E-state index contributed by atoms with van der Waals surface area (Å²) >= 11 is 15.7. The highest BCUT2D eigenvalue weighted by molar-refractivity contribution is 9.11. The Morgan fingerprint density at radius 2 is 0.800 bits per heavy atom. The minimum Gasteiger partial charge on any atom is -0.163 e. The smallest absolute Gasteiger partial charge is 0.163 e. The molecule has 4 aromatic rings. The lowest BCUT2D eigenvalue weighted by atomic mass is 9.62. The summed E-state index contributed by atoms with van der Waals surface area (Å²) in [6.07, 6.45) is 0. The molecule has 0 atom stereocenters. The number of hydrogen-bond donors (Lipinski definition) is 0. The minimum atomic E-state index is 0.261. The molecule has 150 valence electrons.